The number of benzene rings is 3. The summed E-state index contributed by atoms with van der Waals surface area (Å²) < 4.78 is 20.7. The predicted molar refractivity (Wildman–Crippen MR) is 122 cm³/mol. The summed E-state index contributed by atoms with van der Waals surface area (Å²) >= 11 is 0. The highest BCUT2D eigenvalue weighted by molar-refractivity contribution is 5.80. The van der Waals surface area contributed by atoms with Crippen molar-refractivity contribution < 1.29 is 13.9 Å². The van der Waals surface area contributed by atoms with Gasteiger partial charge in [0.15, 0.2) is 0 Å². The van der Waals surface area contributed by atoms with Crippen LogP contribution in [0, 0.1) is 12.7 Å². The number of halogens is 1. The summed E-state index contributed by atoms with van der Waals surface area (Å²) in [6.07, 6.45) is 0.329. The van der Waals surface area contributed by atoms with Gasteiger partial charge in [0.2, 0.25) is 5.91 Å². The maximum Gasteiger partial charge on any atom is 0.245 e. The van der Waals surface area contributed by atoms with Crippen molar-refractivity contribution in [3.05, 3.63) is 96.1 Å². The van der Waals surface area contributed by atoms with Crippen LogP contribution in [-0.4, -0.2) is 39.3 Å². The van der Waals surface area contributed by atoms with E-state index in [1.165, 1.54) is 16.8 Å². The molecule has 1 N–H and O–H groups in total. The number of carbonyl (C=O) groups is 1. The Morgan fingerprint density at radius 3 is 2.48 bits per heavy atom. The topological polar surface area (TPSA) is 81.9 Å². The second-order valence-corrected chi connectivity index (χ2v) is 7.52. The minimum Gasteiger partial charge on any atom is -0.491 e. The fourth-order valence-corrected chi connectivity index (χ4v) is 3.56. The lowest BCUT2D eigenvalue weighted by atomic mass is 10.0. The van der Waals surface area contributed by atoms with Crippen molar-refractivity contribution in [2.75, 3.05) is 13.2 Å². The van der Waals surface area contributed by atoms with Crippen molar-refractivity contribution in [2.24, 2.45) is 0 Å². The molecule has 0 aliphatic rings. The molecule has 0 saturated heterocycles. The van der Waals surface area contributed by atoms with Crippen LogP contribution in [0.1, 0.15) is 17.4 Å². The van der Waals surface area contributed by atoms with E-state index >= 15 is 0 Å². The van der Waals surface area contributed by atoms with Crippen molar-refractivity contribution in [1.29, 1.82) is 0 Å². The Bertz CT molecular complexity index is 1190. The van der Waals surface area contributed by atoms with E-state index in [2.05, 4.69) is 20.8 Å². The molecule has 1 atom stereocenters. The molecule has 1 unspecified atom stereocenters. The average Bonchev–Trinajstić information content (AvgIpc) is 3.27. The van der Waals surface area contributed by atoms with Gasteiger partial charge in [0, 0.05) is 12.0 Å². The van der Waals surface area contributed by atoms with Crippen molar-refractivity contribution >= 4 is 5.91 Å². The fourth-order valence-electron chi connectivity index (χ4n) is 3.56. The molecule has 0 bridgehead atoms. The molecule has 1 aromatic heterocycles. The molecule has 0 saturated carbocycles. The average molecular weight is 445 g/mol. The van der Waals surface area contributed by atoms with E-state index < -0.39 is 6.04 Å². The largest absolute Gasteiger partial charge is 0.491 e. The third-order valence-electron chi connectivity index (χ3n) is 5.23. The summed E-state index contributed by atoms with van der Waals surface area (Å²) in [4.78, 5) is 13.0. The molecule has 0 radical (unpaired) electrons. The fraction of sp³-hybridized carbons (Fsp3) is 0.200. The molecule has 8 heteroatoms. The zero-order valence-corrected chi connectivity index (χ0v) is 18.2. The molecule has 33 heavy (non-hydrogen) atoms. The van der Waals surface area contributed by atoms with Crippen LogP contribution in [0.3, 0.4) is 0 Å². The van der Waals surface area contributed by atoms with Crippen LogP contribution in [0.4, 0.5) is 4.39 Å². The van der Waals surface area contributed by atoms with E-state index in [9.17, 15) is 9.18 Å². The molecule has 0 aliphatic carbocycles. The number of hydrogen-bond acceptors (Lipinski definition) is 5. The molecular formula is C25H24FN5O2. The number of para-hydroxylation sites is 1. The monoisotopic (exact) mass is 445 g/mol. The second kappa shape index (κ2) is 10.5. The van der Waals surface area contributed by atoms with Gasteiger partial charge in [-0.25, -0.2) is 9.07 Å². The molecule has 4 aromatic rings. The van der Waals surface area contributed by atoms with Crippen molar-refractivity contribution in [2.45, 2.75) is 19.4 Å². The molecule has 1 amide bonds. The van der Waals surface area contributed by atoms with Gasteiger partial charge in [-0.2, -0.15) is 0 Å². The van der Waals surface area contributed by atoms with Crippen LogP contribution in [0.15, 0.2) is 78.9 Å². The normalized spacial score (nSPS) is 11.7. The summed E-state index contributed by atoms with van der Waals surface area (Å²) in [5.74, 6) is 0.698. The molecular weight excluding hydrogens is 421 g/mol. The Morgan fingerprint density at radius 2 is 1.76 bits per heavy atom. The van der Waals surface area contributed by atoms with Crippen LogP contribution in [0.2, 0.25) is 0 Å². The number of aromatic nitrogens is 4. The number of amides is 1. The first-order valence-corrected chi connectivity index (χ1v) is 10.7. The smallest absolute Gasteiger partial charge is 0.245 e. The number of rotatable bonds is 9. The summed E-state index contributed by atoms with van der Waals surface area (Å²) in [6.45, 7) is 2.34. The SMILES string of the molecule is Cc1nnnn1C(Cc1ccc(F)cc1)C(=O)NCCOc1ccccc1-c1ccccc1. The van der Waals surface area contributed by atoms with E-state index in [0.29, 0.717) is 25.4 Å². The van der Waals surface area contributed by atoms with Gasteiger partial charge in [-0.15, -0.1) is 5.10 Å². The van der Waals surface area contributed by atoms with Crippen LogP contribution >= 0.6 is 0 Å². The third kappa shape index (κ3) is 5.60. The van der Waals surface area contributed by atoms with Gasteiger partial charge in [0.05, 0.1) is 6.54 Å². The molecule has 1 heterocycles. The Kier molecular flexibility index (Phi) is 7.04. The highest BCUT2D eigenvalue weighted by Gasteiger charge is 2.24. The number of hydrogen-bond donors (Lipinski definition) is 1. The number of nitrogens with one attached hydrogen (secondary N) is 1. The van der Waals surface area contributed by atoms with Crippen molar-refractivity contribution in [3.8, 4) is 16.9 Å². The molecule has 0 fully saturated rings. The van der Waals surface area contributed by atoms with Crippen LogP contribution < -0.4 is 10.1 Å². The Morgan fingerprint density at radius 1 is 1.03 bits per heavy atom. The van der Waals surface area contributed by atoms with Crippen molar-refractivity contribution in [3.63, 3.8) is 0 Å². The Labute approximate surface area is 191 Å². The Hall–Kier alpha value is -4.07. The summed E-state index contributed by atoms with van der Waals surface area (Å²) in [5, 5.41) is 14.4. The van der Waals surface area contributed by atoms with Gasteiger partial charge in [-0.1, -0.05) is 60.7 Å². The van der Waals surface area contributed by atoms with E-state index in [4.69, 9.17) is 4.74 Å². The number of aryl methyl sites for hydroxylation is 1. The lowest BCUT2D eigenvalue weighted by Crippen LogP contribution is -2.37. The number of tetrazole rings is 1. The molecule has 4 rings (SSSR count). The van der Waals surface area contributed by atoms with Gasteiger partial charge in [-0.05, 0) is 46.7 Å². The minimum atomic E-state index is -0.665. The molecule has 3 aromatic carbocycles. The summed E-state index contributed by atoms with van der Waals surface area (Å²) in [5.41, 5.74) is 2.85. The van der Waals surface area contributed by atoms with E-state index in [1.54, 1.807) is 19.1 Å². The zero-order valence-electron chi connectivity index (χ0n) is 18.2. The van der Waals surface area contributed by atoms with Gasteiger partial charge >= 0.3 is 0 Å². The maximum absolute atomic E-state index is 13.3. The van der Waals surface area contributed by atoms with Crippen LogP contribution in [-0.2, 0) is 11.2 Å². The molecule has 0 aliphatic heterocycles. The first-order chi connectivity index (χ1) is 16.1. The maximum atomic E-state index is 13.3. The highest BCUT2D eigenvalue weighted by atomic mass is 19.1. The lowest BCUT2D eigenvalue weighted by molar-refractivity contribution is -0.124. The second-order valence-electron chi connectivity index (χ2n) is 7.52. The molecule has 0 spiro atoms. The first kappa shape index (κ1) is 22.1. The lowest BCUT2D eigenvalue weighted by Gasteiger charge is -2.18. The molecule has 7 nitrogen and oxygen atoms in total. The van der Waals surface area contributed by atoms with E-state index in [-0.39, 0.29) is 11.7 Å². The highest BCUT2D eigenvalue weighted by Crippen LogP contribution is 2.29. The van der Waals surface area contributed by atoms with Gasteiger partial charge < -0.3 is 10.1 Å². The van der Waals surface area contributed by atoms with Crippen LogP contribution in [0.5, 0.6) is 5.75 Å². The minimum absolute atomic E-state index is 0.241. The molecule has 168 valence electrons. The summed E-state index contributed by atoms with van der Waals surface area (Å²) in [7, 11) is 0. The Balaban J connectivity index is 1.39. The zero-order chi connectivity index (χ0) is 23.0. The summed E-state index contributed by atoms with van der Waals surface area (Å²) in [6, 6.07) is 23.2. The van der Waals surface area contributed by atoms with Crippen LogP contribution in [0.25, 0.3) is 11.1 Å². The van der Waals surface area contributed by atoms with Crippen molar-refractivity contribution in [1.82, 2.24) is 25.5 Å². The number of carbonyl (C=O) groups excluding carboxylic acids is 1. The standard InChI is InChI=1S/C25H24FN5O2/c1-18-28-29-30-31(18)23(17-19-11-13-21(26)14-12-19)25(32)27-15-16-33-24-10-6-5-9-22(24)20-7-3-2-4-8-20/h2-14,23H,15-17H2,1H3,(H,27,32). The number of ether oxygens (including phenoxy) is 1. The van der Waals surface area contributed by atoms with Gasteiger partial charge in [0.25, 0.3) is 0 Å². The quantitative estimate of drug-likeness (QED) is 0.397. The first-order valence-electron chi connectivity index (χ1n) is 10.7. The van der Waals surface area contributed by atoms with E-state index in [0.717, 1.165) is 22.4 Å². The third-order valence-corrected chi connectivity index (χ3v) is 5.23. The number of nitrogens with zero attached hydrogens (tertiary/aromatic N) is 4. The van der Waals surface area contributed by atoms with E-state index in [1.807, 2.05) is 54.6 Å². The predicted octanol–water partition coefficient (Wildman–Crippen LogP) is 3.77. The van der Waals surface area contributed by atoms with Gasteiger partial charge in [0.1, 0.15) is 30.0 Å². The van der Waals surface area contributed by atoms with Gasteiger partial charge in [-0.3, -0.25) is 4.79 Å².